The highest BCUT2D eigenvalue weighted by Gasteiger charge is 2.33. The Hall–Kier alpha value is -3.36. The third kappa shape index (κ3) is 7.89. The Labute approximate surface area is 248 Å². The van der Waals surface area contributed by atoms with Crippen LogP contribution in [-0.2, 0) is 26.0 Å². The maximum Gasteiger partial charge on any atom is 0.264 e. The zero-order valence-electron chi connectivity index (χ0n) is 23.6. The molecule has 4 rings (SSSR count). The molecule has 2 amide bonds. The van der Waals surface area contributed by atoms with Gasteiger partial charge in [-0.3, -0.25) is 13.9 Å². The number of benzene rings is 3. The second kappa shape index (κ2) is 14.0. The summed E-state index contributed by atoms with van der Waals surface area (Å²) in [6.45, 7) is 3.33. The molecule has 9 heteroatoms. The van der Waals surface area contributed by atoms with E-state index in [9.17, 15) is 18.0 Å². The van der Waals surface area contributed by atoms with E-state index in [-0.39, 0.29) is 23.4 Å². The molecule has 3 aromatic carbocycles. The maximum atomic E-state index is 14.0. The SMILES string of the molecule is Cc1ccccc1N(CC(=O)N(CCc1ccccc1)[C@@H](C)C(=O)NC1CCCCC1)S(=O)(=O)c1ccc(Cl)cc1. The molecule has 41 heavy (non-hydrogen) atoms. The molecule has 1 aliphatic rings. The molecular formula is C32H38ClN3O4S. The van der Waals surface area contributed by atoms with Crippen LogP contribution in [-0.4, -0.2) is 50.3 Å². The Balaban J connectivity index is 1.64. The third-order valence-corrected chi connectivity index (χ3v) is 9.69. The van der Waals surface area contributed by atoms with Crippen LogP contribution in [0, 0.1) is 6.92 Å². The number of hydrogen-bond acceptors (Lipinski definition) is 4. The Morgan fingerprint density at radius 3 is 2.22 bits per heavy atom. The molecule has 0 saturated heterocycles. The normalized spacial score (nSPS) is 14.7. The highest BCUT2D eigenvalue weighted by atomic mass is 35.5. The van der Waals surface area contributed by atoms with Crippen molar-refractivity contribution >= 4 is 39.1 Å². The van der Waals surface area contributed by atoms with E-state index in [1.807, 2.05) is 36.4 Å². The van der Waals surface area contributed by atoms with Gasteiger partial charge in [-0.25, -0.2) is 8.42 Å². The number of nitrogens with zero attached hydrogens (tertiary/aromatic N) is 2. The summed E-state index contributed by atoms with van der Waals surface area (Å²) in [5.74, 6) is -0.672. The van der Waals surface area contributed by atoms with E-state index in [4.69, 9.17) is 11.6 Å². The van der Waals surface area contributed by atoms with Crippen molar-refractivity contribution in [2.24, 2.45) is 0 Å². The van der Waals surface area contributed by atoms with Crippen molar-refractivity contribution in [3.05, 3.63) is 95.0 Å². The lowest BCUT2D eigenvalue weighted by Crippen LogP contribution is -2.53. The third-order valence-electron chi connectivity index (χ3n) is 7.67. The van der Waals surface area contributed by atoms with Crippen LogP contribution < -0.4 is 9.62 Å². The zero-order chi connectivity index (χ0) is 29.4. The molecule has 1 fully saturated rings. The molecule has 0 bridgehead atoms. The topological polar surface area (TPSA) is 86.8 Å². The van der Waals surface area contributed by atoms with Crippen LogP contribution in [0.3, 0.4) is 0 Å². The number of carbonyl (C=O) groups is 2. The first-order valence-corrected chi connectivity index (χ1v) is 16.0. The maximum absolute atomic E-state index is 14.0. The number of sulfonamides is 1. The summed E-state index contributed by atoms with van der Waals surface area (Å²) in [4.78, 5) is 29.0. The van der Waals surface area contributed by atoms with E-state index in [0.29, 0.717) is 22.7 Å². The summed E-state index contributed by atoms with van der Waals surface area (Å²) in [6, 6.07) is 22.0. The van der Waals surface area contributed by atoms with Crippen LogP contribution in [0.5, 0.6) is 0 Å². The monoisotopic (exact) mass is 595 g/mol. The van der Waals surface area contributed by atoms with Crippen molar-refractivity contribution in [3.8, 4) is 0 Å². The van der Waals surface area contributed by atoms with Crippen LogP contribution in [0.2, 0.25) is 5.02 Å². The number of carbonyl (C=O) groups excluding carboxylic acids is 2. The highest BCUT2D eigenvalue weighted by molar-refractivity contribution is 7.92. The molecule has 218 valence electrons. The van der Waals surface area contributed by atoms with Crippen molar-refractivity contribution in [2.75, 3.05) is 17.4 Å². The standard InChI is InChI=1S/C32H38ClN3O4S/c1-24-11-9-10-16-30(24)36(41(39,40)29-19-17-27(33)18-20-29)23-31(37)35(22-21-26-12-5-3-6-13-26)25(2)32(38)34-28-14-7-4-8-15-28/h3,5-6,9-13,16-20,25,28H,4,7-8,14-15,21-23H2,1-2H3,(H,34,38)/t25-/m0/s1. The van der Waals surface area contributed by atoms with E-state index in [1.54, 1.807) is 32.0 Å². The van der Waals surface area contributed by atoms with Gasteiger partial charge in [-0.05, 0) is 74.6 Å². The summed E-state index contributed by atoms with van der Waals surface area (Å²) >= 11 is 6.02. The Bertz CT molecular complexity index is 1420. The minimum Gasteiger partial charge on any atom is -0.352 e. The van der Waals surface area contributed by atoms with E-state index >= 15 is 0 Å². The zero-order valence-corrected chi connectivity index (χ0v) is 25.2. The van der Waals surface area contributed by atoms with Crippen molar-refractivity contribution in [2.45, 2.75) is 69.4 Å². The lowest BCUT2D eigenvalue weighted by Gasteiger charge is -2.33. The van der Waals surface area contributed by atoms with Gasteiger partial charge in [0.1, 0.15) is 12.6 Å². The van der Waals surface area contributed by atoms with E-state index in [0.717, 1.165) is 35.6 Å². The molecule has 3 aromatic rings. The van der Waals surface area contributed by atoms with Crippen LogP contribution in [0.4, 0.5) is 5.69 Å². The van der Waals surface area contributed by atoms with Crippen LogP contribution in [0.1, 0.15) is 50.2 Å². The molecule has 1 N–H and O–H groups in total. The number of nitrogens with one attached hydrogen (secondary N) is 1. The average Bonchev–Trinajstić information content (AvgIpc) is 2.97. The molecule has 0 aliphatic heterocycles. The summed E-state index contributed by atoms with van der Waals surface area (Å²) in [7, 11) is -4.13. The van der Waals surface area contributed by atoms with Gasteiger partial charge in [0, 0.05) is 17.6 Å². The average molecular weight is 596 g/mol. The van der Waals surface area contributed by atoms with Crippen molar-refractivity contribution in [1.29, 1.82) is 0 Å². The molecule has 0 unspecified atom stereocenters. The molecule has 7 nitrogen and oxygen atoms in total. The molecule has 0 aromatic heterocycles. The van der Waals surface area contributed by atoms with Crippen LogP contribution in [0.15, 0.2) is 83.8 Å². The van der Waals surface area contributed by atoms with Crippen LogP contribution in [0.25, 0.3) is 0 Å². The van der Waals surface area contributed by atoms with Gasteiger partial charge in [-0.15, -0.1) is 0 Å². The van der Waals surface area contributed by atoms with E-state index < -0.39 is 28.5 Å². The highest BCUT2D eigenvalue weighted by Crippen LogP contribution is 2.28. The van der Waals surface area contributed by atoms with E-state index in [1.165, 1.54) is 35.6 Å². The number of amides is 2. The lowest BCUT2D eigenvalue weighted by atomic mass is 9.95. The lowest BCUT2D eigenvalue weighted by molar-refractivity contribution is -0.139. The van der Waals surface area contributed by atoms with Crippen molar-refractivity contribution in [3.63, 3.8) is 0 Å². The second-order valence-corrected chi connectivity index (χ2v) is 12.9. The van der Waals surface area contributed by atoms with Gasteiger partial charge in [0.05, 0.1) is 10.6 Å². The second-order valence-electron chi connectivity index (χ2n) is 10.6. The molecule has 0 heterocycles. The van der Waals surface area contributed by atoms with Gasteiger partial charge in [0.2, 0.25) is 11.8 Å². The Morgan fingerprint density at radius 1 is 0.927 bits per heavy atom. The fourth-order valence-electron chi connectivity index (χ4n) is 5.23. The quantitative estimate of drug-likeness (QED) is 0.306. The number of para-hydroxylation sites is 1. The number of rotatable bonds is 11. The first kappa shape index (κ1) is 30.6. The molecule has 0 spiro atoms. The largest absolute Gasteiger partial charge is 0.352 e. The van der Waals surface area contributed by atoms with Crippen molar-refractivity contribution < 1.29 is 18.0 Å². The molecule has 1 aliphatic carbocycles. The van der Waals surface area contributed by atoms with Crippen LogP contribution >= 0.6 is 11.6 Å². The predicted molar refractivity (Wildman–Crippen MR) is 163 cm³/mol. The Morgan fingerprint density at radius 2 is 1.56 bits per heavy atom. The van der Waals surface area contributed by atoms with Gasteiger partial charge in [-0.2, -0.15) is 0 Å². The molecule has 1 saturated carbocycles. The fourth-order valence-corrected chi connectivity index (χ4v) is 6.83. The minimum atomic E-state index is -4.13. The summed E-state index contributed by atoms with van der Waals surface area (Å²) in [6.07, 6.45) is 5.70. The fraction of sp³-hybridized carbons (Fsp3) is 0.375. The number of aryl methyl sites for hydroxylation is 1. The van der Waals surface area contributed by atoms with E-state index in [2.05, 4.69) is 5.32 Å². The molecular weight excluding hydrogens is 558 g/mol. The van der Waals surface area contributed by atoms with Gasteiger partial charge in [0.15, 0.2) is 0 Å². The van der Waals surface area contributed by atoms with Gasteiger partial charge in [0.25, 0.3) is 10.0 Å². The Kier molecular flexibility index (Phi) is 10.5. The molecule has 1 atom stereocenters. The van der Waals surface area contributed by atoms with Gasteiger partial charge < -0.3 is 10.2 Å². The predicted octanol–water partition coefficient (Wildman–Crippen LogP) is 5.75. The minimum absolute atomic E-state index is 0.0249. The number of halogens is 1. The summed E-state index contributed by atoms with van der Waals surface area (Å²) in [5.41, 5.74) is 2.13. The smallest absolute Gasteiger partial charge is 0.264 e. The number of anilines is 1. The first-order valence-electron chi connectivity index (χ1n) is 14.1. The number of hydrogen-bond donors (Lipinski definition) is 1. The molecule has 0 radical (unpaired) electrons. The van der Waals surface area contributed by atoms with Gasteiger partial charge >= 0.3 is 0 Å². The van der Waals surface area contributed by atoms with Crippen molar-refractivity contribution in [1.82, 2.24) is 10.2 Å². The summed E-state index contributed by atoms with van der Waals surface area (Å²) in [5, 5.41) is 3.54. The first-order chi connectivity index (χ1) is 19.7. The van der Waals surface area contributed by atoms with Gasteiger partial charge in [-0.1, -0.05) is 79.4 Å². The summed E-state index contributed by atoms with van der Waals surface area (Å²) < 4.78 is 29.0.